The third-order valence-electron chi connectivity index (χ3n) is 5.20. The lowest BCUT2D eigenvalue weighted by Crippen LogP contribution is -2.42. The molecule has 1 aliphatic rings. The molecule has 1 fully saturated rings. The van der Waals surface area contributed by atoms with Crippen LogP contribution in [0.5, 0.6) is 0 Å². The molecule has 10 heteroatoms. The van der Waals surface area contributed by atoms with Gasteiger partial charge in [-0.2, -0.15) is 0 Å². The number of carbonyl (C=O) groups excluding carboxylic acids is 3. The van der Waals surface area contributed by atoms with Crippen LogP contribution < -0.4 is 10.6 Å². The minimum Gasteiger partial charge on any atom is -0.337 e. The largest absolute Gasteiger partial charge is 0.337 e. The van der Waals surface area contributed by atoms with E-state index in [2.05, 4.69) is 20.6 Å². The molecule has 1 aromatic heterocycles. The van der Waals surface area contributed by atoms with Gasteiger partial charge in [0.15, 0.2) is 5.82 Å². The van der Waals surface area contributed by atoms with Crippen molar-refractivity contribution in [1.82, 2.24) is 20.2 Å². The van der Waals surface area contributed by atoms with E-state index in [0.29, 0.717) is 22.3 Å². The molecule has 1 atom stereocenters. The molecule has 0 radical (unpaired) electrons. The second-order valence-electron chi connectivity index (χ2n) is 7.52. The van der Waals surface area contributed by atoms with Crippen LogP contribution in [0.4, 0.5) is 19.3 Å². The summed E-state index contributed by atoms with van der Waals surface area (Å²) >= 11 is 0. The van der Waals surface area contributed by atoms with Crippen molar-refractivity contribution in [2.45, 2.75) is 25.8 Å². The molecular formula is C21H19F2N5O3. The van der Waals surface area contributed by atoms with Crippen LogP contribution >= 0.6 is 0 Å². The van der Waals surface area contributed by atoms with Crippen molar-refractivity contribution in [2.75, 3.05) is 11.9 Å². The fourth-order valence-electron chi connectivity index (χ4n) is 3.48. The van der Waals surface area contributed by atoms with Gasteiger partial charge in [-0.3, -0.25) is 14.5 Å². The fraction of sp³-hybridized carbons (Fsp3) is 0.238. The van der Waals surface area contributed by atoms with E-state index in [1.54, 1.807) is 19.1 Å². The van der Waals surface area contributed by atoms with Crippen LogP contribution in [0.15, 0.2) is 42.5 Å². The number of rotatable bonds is 5. The Hall–Kier alpha value is -3.82. The molecule has 0 aliphatic carbocycles. The lowest BCUT2D eigenvalue weighted by Gasteiger charge is -2.22. The maximum atomic E-state index is 12.9. The average Bonchev–Trinajstić information content (AvgIpc) is 3.23. The standard InChI is InChI=1S/C21H19F2N5O3/c1-11-3-5-12(6-4-11)21(2)19(30)28(20(31)27-21)10-16(29)24-13-7-8-14-15(9-13)26-18(25-14)17(22)23/h3-9,17H,10H2,1-2H3,(H,24,29)(H,25,26)(H,27,31). The molecule has 3 N–H and O–H groups in total. The first kappa shape index (κ1) is 20.5. The first-order valence-electron chi connectivity index (χ1n) is 9.46. The van der Waals surface area contributed by atoms with E-state index < -0.39 is 42.2 Å². The molecule has 2 heterocycles. The number of imide groups is 1. The van der Waals surface area contributed by atoms with E-state index in [9.17, 15) is 23.2 Å². The van der Waals surface area contributed by atoms with Gasteiger partial charge in [0.05, 0.1) is 11.0 Å². The van der Waals surface area contributed by atoms with Crippen LogP contribution in [0.1, 0.15) is 30.3 Å². The lowest BCUT2D eigenvalue weighted by molar-refractivity contribution is -0.133. The molecule has 160 valence electrons. The van der Waals surface area contributed by atoms with Gasteiger partial charge >= 0.3 is 6.03 Å². The second-order valence-corrected chi connectivity index (χ2v) is 7.52. The van der Waals surface area contributed by atoms with Crippen LogP contribution in [0.25, 0.3) is 11.0 Å². The zero-order valence-electron chi connectivity index (χ0n) is 16.7. The summed E-state index contributed by atoms with van der Waals surface area (Å²) in [5.74, 6) is -1.61. The number of nitrogens with one attached hydrogen (secondary N) is 3. The number of benzene rings is 2. The Morgan fingerprint density at radius 2 is 1.90 bits per heavy atom. The summed E-state index contributed by atoms with van der Waals surface area (Å²) < 4.78 is 25.6. The Kier molecular flexibility index (Phi) is 4.92. The Balaban J connectivity index is 1.48. The average molecular weight is 427 g/mol. The SMILES string of the molecule is Cc1ccc(C2(C)NC(=O)N(CC(=O)Nc3ccc4nc(C(F)F)[nH]c4c3)C2=O)cc1. The van der Waals surface area contributed by atoms with Gasteiger partial charge < -0.3 is 15.6 Å². The molecule has 0 spiro atoms. The van der Waals surface area contributed by atoms with Crippen molar-refractivity contribution in [2.24, 2.45) is 0 Å². The summed E-state index contributed by atoms with van der Waals surface area (Å²) in [5, 5.41) is 5.21. The summed E-state index contributed by atoms with van der Waals surface area (Å²) in [5.41, 5.74) is 1.32. The van der Waals surface area contributed by atoms with E-state index in [1.807, 2.05) is 19.1 Å². The number of amides is 4. The number of alkyl halides is 2. The van der Waals surface area contributed by atoms with Gasteiger partial charge in [0.1, 0.15) is 12.1 Å². The molecule has 0 bridgehead atoms. The molecule has 8 nitrogen and oxygen atoms in total. The first-order chi connectivity index (χ1) is 14.7. The van der Waals surface area contributed by atoms with Gasteiger partial charge in [0.2, 0.25) is 5.91 Å². The van der Waals surface area contributed by atoms with E-state index >= 15 is 0 Å². The monoisotopic (exact) mass is 427 g/mol. The highest BCUT2D eigenvalue weighted by molar-refractivity contribution is 6.10. The number of aryl methyl sites for hydroxylation is 1. The van der Waals surface area contributed by atoms with E-state index in [1.165, 1.54) is 18.2 Å². The maximum Gasteiger partial charge on any atom is 0.325 e. The summed E-state index contributed by atoms with van der Waals surface area (Å²) in [6.45, 7) is 3.00. The topological polar surface area (TPSA) is 107 Å². The summed E-state index contributed by atoms with van der Waals surface area (Å²) in [6.07, 6.45) is -2.74. The maximum absolute atomic E-state index is 12.9. The molecule has 4 amide bonds. The lowest BCUT2D eigenvalue weighted by atomic mass is 9.91. The highest BCUT2D eigenvalue weighted by Gasteiger charge is 2.49. The summed E-state index contributed by atoms with van der Waals surface area (Å²) in [4.78, 5) is 44.9. The second kappa shape index (κ2) is 7.46. The van der Waals surface area contributed by atoms with Crippen molar-refractivity contribution in [3.05, 3.63) is 59.4 Å². The third-order valence-corrected chi connectivity index (χ3v) is 5.20. The quantitative estimate of drug-likeness (QED) is 0.544. The Bertz CT molecular complexity index is 1190. The number of aromatic nitrogens is 2. The fourth-order valence-corrected chi connectivity index (χ4v) is 3.48. The zero-order chi connectivity index (χ0) is 22.3. The molecule has 31 heavy (non-hydrogen) atoms. The molecule has 0 saturated carbocycles. The van der Waals surface area contributed by atoms with E-state index in [-0.39, 0.29) is 0 Å². The third kappa shape index (κ3) is 3.72. The number of nitrogens with zero attached hydrogens (tertiary/aromatic N) is 2. The van der Waals surface area contributed by atoms with Gasteiger partial charge in [-0.1, -0.05) is 29.8 Å². The van der Waals surface area contributed by atoms with Gasteiger partial charge in [-0.25, -0.2) is 18.6 Å². The molecular weight excluding hydrogens is 408 g/mol. The number of urea groups is 1. The van der Waals surface area contributed by atoms with Crippen molar-refractivity contribution in [1.29, 1.82) is 0 Å². The predicted molar refractivity (Wildman–Crippen MR) is 108 cm³/mol. The molecule has 4 rings (SSSR count). The number of H-pyrrole nitrogens is 1. The molecule has 2 aromatic carbocycles. The number of fused-ring (bicyclic) bond motifs is 1. The van der Waals surface area contributed by atoms with Crippen LogP contribution in [-0.4, -0.2) is 39.3 Å². The molecule has 3 aromatic rings. The van der Waals surface area contributed by atoms with Gasteiger partial charge in [0.25, 0.3) is 12.3 Å². The molecule has 1 saturated heterocycles. The Morgan fingerprint density at radius 3 is 2.58 bits per heavy atom. The summed E-state index contributed by atoms with van der Waals surface area (Å²) in [7, 11) is 0. The minimum atomic E-state index is -2.74. The van der Waals surface area contributed by atoms with E-state index in [0.717, 1.165) is 10.5 Å². The van der Waals surface area contributed by atoms with E-state index in [4.69, 9.17) is 0 Å². The van der Waals surface area contributed by atoms with Crippen LogP contribution in [-0.2, 0) is 15.1 Å². The number of imidazole rings is 1. The number of halogens is 2. The van der Waals surface area contributed by atoms with Gasteiger partial charge in [0, 0.05) is 5.69 Å². The van der Waals surface area contributed by atoms with Gasteiger partial charge in [-0.05, 0) is 37.6 Å². The number of carbonyl (C=O) groups is 3. The summed E-state index contributed by atoms with van der Waals surface area (Å²) in [6, 6.07) is 10.9. The first-order valence-corrected chi connectivity index (χ1v) is 9.46. The minimum absolute atomic E-state index is 0.315. The van der Waals surface area contributed by atoms with Crippen LogP contribution in [0.3, 0.4) is 0 Å². The number of hydrogen-bond acceptors (Lipinski definition) is 4. The van der Waals surface area contributed by atoms with Crippen LogP contribution in [0, 0.1) is 6.92 Å². The van der Waals surface area contributed by atoms with Crippen molar-refractivity contribution in [3.63, 3.8) is 0 Å². The Labute approximate surface area is 175 Å². The van der Waals surface area contributed by atoms with Crippen molar-refractivity contribution < 1.29 is 23.2 Å². The zero-order valence-corrected chi connectivity index (χ0v) is 16.7. The normalized spacial score (nSPS) is 18.7. The van der Waals surface area contributed by atoms with Crippen molar-refractivity contribution in [3.8, 4) is 0 Å². The van der Waals surface area contributed by atoms with Gasteiger partial charge in [-0.15, -0.1) is 0 Å². The smallest absolute Gasteiger partial charge is 0.325 e. The Morgan fingerprint density at radius 1 is 1.19 bits per heavy atom. The number of aromatic amines is 1. The molecule has 1 unspecified atom stereocenters. The highest BCUT2D eigenvalue weighted by atomic mass is 19.3. The van der Waals surface area contributed by atoms with Crippen molar-refractivity contribution >= 4 is 34.6 Å². The predicted octanol–water partition coefficient (Wildman–Crippen LogP) is 3.21. The molecule has 1 aliphatic heterocycles. The highest BCUT2D eigenvalue weighted by Crippen LogP contribution is 2.29. The van der Waals surface area contributed by atoms with Crippen LogP contribution in [0.2, 0.25) is 0 Å². The number of anilines is 1. The number of hydrogen-bond donors (Lipinski definition) is 3.